The van der Waals surface area contributed by atoms with E-state index in [0.29, 0.717) is 12.1 Å². The third-order valence-electron chi connectivity index (χ3n) is 2.25. The zero-order valence-corrected chi connectivity index (χ0v) is 9.81. The highest BCUT2D eigenvalue weighted by Gasteiger charge is 2.13. The van der Waals surface area contributed by atoms with Gasteiger partial charge in [-0.05, 0) is 20.0 Å². The number of carbonyl (C=O) groups excluding carboxylic acids is 1. The highest BCUT2D eigenvalue weighted by atomic mass is 16.4. The second-order valence-corrected chi connectivity index (χ2v) is 3.53. The van der Waals surface area contributed by atoms with Gasteiger partial charge in [0.2, 0.25) is 0 Å². The molecule has 1 rings (SSSR count). The molecule has 0 fully saturated rings. The molecule has 0 heterocycles. The number of rotatable bonds is 6. The monoisotopic (exact) mass is 235 g/mol. The minimum atomic E-state index is -0.366. The van der Waals surface area contributed by atoms with E-state index in [1.807, 2.05) is 13.1 Å². The molecule has 0 radical (unpaired) electrons. The first-order chi connectivity index (χ1) is 8.29. The molecular formula is C12H17N3O2. The average Bonchev–Trinajstić information content (AvgIpc) is 2.37. The van der Waals surface area contributed by atoms with Crippen molar-refractivity contribution in [2.24, 2.45) is 5.16 Å². The maximum atomic E-state index is 11.7. The van der Waals surface area contributed by atoms with Gasteiger partial charge in [0.25, 0.3) is 5.91 Å². The van der Waals surface area contributed by atoms with E-state index in [9.17, 15) is 4.79 Å². The number of oxime groups is 1. The van der Waals surface area contributed by atoms with E-state index in [4.69, 9.17) is 5.21 Å². The van der Waals surface area contributed by atoms with Crippen molar-refractivity contribution in [3.63, 3.8) is 0 Å². The Hall–Kier alpha value is -1.88. The van der Waals surface area contributed by atoms with E-state index in [0.717, 1.165) is 13.0 Å². The minimum absolute atomic E-state index is 0.0371. The van der Waals surface area contributed by atoms with Gasteiger partial charge in [-0.2, -0.15) is 0 Å². The molecular weight excluding hydrogens is 218 g/mol. The topological polar surface area (TPSA) is 73.7 Å². The molecule has 17 heavy (non-hydrogen) atoms. The summed E-state index contributed by atoms with van der Waals surface area (Å²) in [6.07, 6.45) is 0.829. The molecule has 0 atom stereocenters. The van der Waals surface area contributed by atoms with Crippen LogP contribution in [0.4, 0.5) is 0 Å². The van der Waals surface area contributed by atoms with Crippen LogP contribution in [0.15, 0.2) is 35.5 Å². The first kappa shape index (κ1) is 13.2. The number of nitrogens with one attached hydrogen (secondary N) is 2. The van der Waals surface area contributed by atoms with Crippen LogP contribution >= 0.6 is 0 Å². The molecule has 0 bridgehead atoms. The summed E-state index contributed by atoms with van der Waals surface area (Å²) in [5, 5.41) is 17.6. The molecule has 0 unspecified atom stereocenters. The molecule has 0 aromatic heterocycles. The van der Waals surface area contributed by atoms with Crippen molar-refractivity contribution >= 4 is 11.6 Å². The lowest BCUT2D eigenvalue weighted by Crippen LogP contribution is -2.33. The van der Waals surface area contributed by atoms with E-state index in [1.54, 1.807) is 24.3 Å². The molecule has 0 aliphatic heterocycles. The van der Waals surface area contributed by atoms with Crippen LogP contribution in [0.5, 0.6) is 0 Å². The Labute approximate surface area is 101 Å². The summed E-state index contributed by atoms with van der Waals surface area (Å²) in [5.41, 5.74) is 0.635. The quantitative estimate of drug-likeness (QED) is 0.292. The molecule has 0 saturated heterocycles. The second kappa shape index (κ2) is 7.40. The maximum absolute atomic E-state index is 11.7. The Kier molecular flexibility index (Phi) is 5.74. The van der Waals surface area contributed by atoms with Crippen molar-refractivity contribution in [2.75, 3.05) is 20.1 Å². The summed E-state index contributed by atoms with van der Waals surface area (Å²) in [5.74, 6) is -0.366. The molecule has 0 saturated carbocycles. The van der Waals surface area contributed by atoms with Crippen molar-refractivity contribution in [1.29, 1.82) is 0 Å². The molecule has 92 valence electrons. The van der Waals surface area contributed by atoms with Gasteiger partial charge in [0.1, 0.15) is 0 Å². The summed E-state index contributed by atoms with van der Waals surface area (Å²) in [4.78, 5) is 11.7. The fraction of sp³-hybridized carbons (Fsp3) is 0.333. The molecule has 5 nitrogen and oxygen atoms in total. The number of carbonyl (C=O) groups is 1. The normalized spacial score (nSPS) is 11.2. The van der Waals surface area contributed by atoms with Gasteiger partial charge in [0, 0.05) is 12.1 Å². The maximum Gasteiger partial charge on any atom is 0.273 e. The van der Waals surface area contributed by atoms with Crippen LogP contribution < -0.4 is 10.6 Å². The SMILES string of the molecule is CNCCCNC(=O)/C(=N/O)c1ccccc1. The van der Waals surface area contributed by atoms with Crippen LogP contribution in [-0.2, 0) is 4.79 Å². The molecule has 0 aliphatic rings. The van der Waals surface area contributed by atoms with Gasteiger partial charge in [-0.15, -0.1) is 0 Å². The van der Waals surface area contributed by atoms with Gasteiger partial charge in [0.15, 0.2) is 5.71 Å². The summed E-state index contributed by atoms with van der Waals surface area (Å²) in [7, 11) is 1.85. The Balaban J connectivity index is 2.55. The lowest BCUT2D eigenvalue weighted by atomic mass is 10.1. The van der Waals surface area contributed by atoms with Gasteiger partial charge in [0.05, 0.1) is 0 Å². The number of hydrogen-bond donors (Lipinski definition) is 3. The van der Waals surface area contributed by atoms with E-state index >= 15 is 0 Å². The molecule has 1 amide bonds. The molecule has 0 aliphatic carbocycles. The smallest absolute Gasteiger partial charge is 0.273 e. The zero-order valence-electron chi connectivity index (χ0n) is 9.81. The summed E-state index contributed by atoms with van der Waals surface area (Å²) in [6.45, 7) is 1.38. The third kappa shape index (κ3) is 4.24. The number of amides is 1. The Morgan fingerprint density at radius 2 is 2.00 bits per heavy atom. The molecule has 1 aromatic carbocycles. The lowest BCUT2D eigenvalue weighted by molar-refractivity contribution is -0.114. The van der Waals surface area contributed by atoms with Crippen LogP contribution in [0.25, 0.3) is 0 Å². The number of nitrogens with zero attached hydrogens (tertiary/aromatic N) is 1. The van der Waals surface area contributed by atoms with Gasteiger partial charge >= 0.3 is 0 Å². The van der Waals surface area contributed by atoms with E-state index in [2.05, 4.69) is 15.8 Å². The summed E-state index contributed by atoms with van der Waals surface area (Å²) in [6, 6.07) is 8.86. The molecule has 5 heteroatoms. The van der Waals surface area contributed by atoms with Crippen LogP contribution in [0, 0.1) is 0 Å². The highest BCUT2D eigenvalue weighted by molar-refractivity contribution is 6.45. The van der Waals surface area contributed by atoms with E-state index < -0.39 is 0 Å². The molecule has 0 spiro atoms. The third-order valence-corrected chi connectivity index (χ3v) is 2.25. The van der Waals surface area contributed by atoms with Crippen LogP contribution in [-0.4, -0.2) is 37.0 Å². The summed E-state index contributed by atoms with van der Waals surface area (Å²) < 4.78 is 0. The van der Waals surface area contributed by atoms with Crippen LogP contribution in [0.2, 0.25) is 0 Å². The minimum Gasteiger partial charge on any atom is -0.410 e. The highest BCUT2D eigenvalue weighted by Crippen LogP contribution is 2.01. The van der Waals surface area contributed by atoms with Crippen molar-refractivity contribution in [2.45, 2.75) is 6.42 Å². The standard InChI is InChI=1S/C12H17N3O2/c1-13-8-5-9-14-12(16)11(15-17)10-6-3-2-4-7-10/h2-4,6-7,13,17H,5,8-9H2,1H3,(H,14,16)/b15-11+. The van der Waals surface area contributed by atoms with Crippen molar-refractivity contribution in [1.82, 2.24) is 10.6 Å². The largest absolute Gasteiger partial charge is 0.410 e. The predicted molar refractivity (Wildman–Crippen MR) is 66.3 cm³/mol. The second-order valence-electron chi connectivity index (χ2n) is 3.53. The summed E-state index contributed by atoms with van der Waals surface area (Å²) >= 11 is 0. The number of benzene rings is 1. The molecule has 1 aromatic rings. The molecule has 3 N–H and O–H groups in total. The van der Waals surface area contributed by atoms with Crippen molar-refractivity contribution in [3.8, 4) is 0 Å². The fourth-order valence-corrected chi connectivity index (χ4v) is 1.38. The van der Waals surface area contributed by atoms with Crippen molar-refractivity contribution in [3.05, 3.63) is 35.9 Å². The van der Waals surface area contributed by atoms with Gasteiger partial charge in [-0.25, -0.2) is 0 Å². The van der Waals surface area contributed by atoms with Crippen molar-refractivity contribution < 1.29 is 10.0 Å². The fourth-order valence-electron chi connectivity index (χ4n) is 1.38. The van der Waals surface area contributed by atoms with Gasteiger partial charge in [-0.3, -0.25) is 4.79 Å². The Bertz CT molecular complexity index is 377. The lowest BCUT2D eigenvalue weighted by Gasteiger charge is -2.06. The van der Waals surface area contributed by atoms with Gasteiger partial charge < -0.3 is 15.8 Å². The first-order valence-corrected chi connectivity index (χ1v) is 5.50. The zero-order chi connectivity index (χ0) is 12.5. The van der Waals surface area contributed by atoms with E-state index in [-0.39, 0.29) is 11.6 Å². The van der Waals surface area contributed by atoms with Crippen LogP contribution in [0.3, 0.4) is 0 Å². The number of hydrogen-bond acceptors (Lipinski definition) is 4. The Morgan fingerprint density at radius 1 is 1.29 bits per heavy atom. The Morgan fingerprint density at radius 3 is 2.59 bits per heavy atom. The van der Waals surface area contributed by atoms with E-state index in [1.165, 1.54) is 0 Å². The predicted octanol–water partition coefficient (Wildman–Crippen LogP) is 0.591. The van der Waals surface area contributed by atoms with Crippen LogP contribution in [0.1, 0.15) is 12.0 Å². The average molecular weight is 235 g/mol. The first-order valence-electron chi connectivity index (χ1n) is 5.50. The van der Waals surface area contributed by atoms with Gasteiger partial charge in [-0.1, -0.05) is 35.5 Å².